The second kappa shape index (κ2) is 7.62. The molecule has 0 unspecified atom stereocenters. The summed E-state index contributed by atoms with van der Waals surface area (Å²) >= 11 is 5.95. The molecule has 0 atom stereocenters. The van der Waals surface area contributed by atoms with Crippen molar-refractivity contribution < 1.29 is 14.3 Å². The van der Waals surface area contributed by atoms with Gasteiger partial charge in [-0.1, -0.05) is 35.9 Å². The molecule has 1 aliphatic rings. The second-order valence-corrected chi connectivity index (χ2v) is 6.10. The zero-order valence-electron chi connectivity index (χ0n) is 14.6. The summed E-state index contributed by atoms with van der Waals surface area (Å²) in [7, 11) is 0. The molecular formula is C20H19ClN2O3. The topological polar surface area (TPSA) is 58.6 Å². The quantitative estimate of drug-likeness (QED) is 0.782. The van der Waals surface area contributed by atoms with Crippen LogP contribution < -0.4 is 10.1 Å². The Kier molecular flexibility index (Phi) is 5.28. The van der Waals surface area contributed by atoms with Gasteiger partial charge in [0.2, 0.25) is 0 Å². The third-order valence-electron chi connectivity index (χ3n) is 4.06. The maximum atomic E-state index is 12.8. The molecule has 1 N–H and O–H groups in total. The number of carbonyl (C=O) groups is 2. The van der Waals surface area contributed by atoms with Crippen molar-refractivity contribution >= 4 is 34.7 Å². The molecule has 2 aromatic carbocycles. The number of ether oxygens (including phenoxy) is 1. The molecule has 0 bridgehead atoms. The fourth-order valence-electron chi connectivity index (χ4n) is 2.85. The standard InChI is InChI=1S/C20H19ClN2O3/c1-3-23-19(24)17(13-9-11-14(21)12-10-13)18(20(23)25)22-15-7-5-6-8-16(15)26-4-2/h5-12,22H,3-4H2,1-2H3. The minimum atomic E-state index is -0.353. The first-order valence-corrected chi connectivity index (χ1v) is 8.79. The smallest absolute Gasteiger partial charge is 0.278 e. The Morgan fingerprint density at radius 1 is 1.00 bits per heavy atom. The SMILES string of the molecule is CCOc1ccccc1NC1=C(c2ccc(Cl)cc2)C(=O)N(CC)C1=O. The number of nitrogens with zero attached hydrogens (tertiary/aromatic N) is 1. The summed E-state index contributed by atoms with van der Waals surface area (Å²) in [6, 6.07) is 14.2. The minimum absolute atomic E-state index is 0.242. The predicted molar refractivity (Wildman–Crippen MR) is 102 cm³/mol. The van der Waals surface area contributed by atoms with Gasteiger partial charge in [-0.3, -0.25) is 14.5 Å². The number of halogens is 1. The van der Waals surface area contributed by atoms with Gasteiger partial charge in [0.25, 0.3) is 11.8 Å². The van der Waals surface area contributed by atoms with E-state index in [1.165, 1.54) is 4.90 Å². The lowest BCUT2D eigenvalue weighted by atomic mass is 10.0. The molecule has 0 radical (unpaired) electrons. The second-order valence-electron chi connectivity index (χ2n) is 5.67. The normalized spacial score (nSPS) is 14.2. The lowest BCUT2D eigenvalue weighted by Crippen LogP contribution is -2.32. The Morgan fingerprint density at radius 3 is 2.35 bits per heavy atom. The summed E-state index contributed by atoms with van der Waals surface area (Å²) in [5, 5.41) is 3.68. The molecule has 0 aliphatic carbocycles. The summed E-state index contributed by atoms with van der Waals surface area (Å²) in [6.07, 6.45) is 0. The van der Waals surface area contributed by atoms with Gasteiger partial charge in [-0.15, -0.1) is 0 Å². The molecule has 2 aromatic rings. The fraction of sp³-hybridized carbons (Fsp3) is 0.200. The van der Waals surface area contributed by atoms with Gasteiger partial charge in [-0.2, -0.15) is 0 Å². The first-order chi connectivity index (χ1) is 12.6. The van der Waals surface area contributed by atoms with Crippen LogP contribution in [0, 0.1) is 0 Å². The number of carbonyl (C=O) groups excluding carboxylic acids is 2. The van der Waals surface area contributed by atoms with Gasteiger partial charge < -0.3 is 10.1 Å². The Bertz CT molecular complexity index is 875. The fourth-order valence-corrected chi connectivity index (χ4v) is 2.98. The van der Waals surface area contributed by atoms with Crippen LogP contribution >= 0.6 is 11.6 Å². The van der Waals surface area contributed by atoms with Crippen LogP contribution in [-0.4, -0.2) is 29.9 Å². The van der Waals surface area contributed by atoms with E-state index in [-0.39, 0.29) is 17.5 Å². The lowest BCUT2D eigenvalue weighted by molar-refractivity contribution is -0.136. The number of amides is 2. The van der Waals surface area contributed by atoms with Crippen LogP contribution in [-0.2, 0) is 9.59 Å². The summed E-state index contributed by atoms with van der Waals surface area (Å²) < 4.78 is 5.61. The number of imide groups is 1. The average molecular weight is 371 g/mol. The molecule has 0 spiro atoms. The highest BCUT2D eigenvalue weighted by molar-refractivity contribution is 6.37. The Hall–Kier alpha value is -2.79. The number of benzene rings is 2. The van der Waals surface area contributed by atoms with Crippen LogP contribution in [0.15, 0.2) is 54.2 Å². The Labute approximate surface area is 157 Å². The van der Waals surface area contributed by atoms with Crippen molar-refractivity contribution in [3.63, 3.8) is 0 Å². The van der Waals surface area contributed by atoms with Crippen LogP contribution in [0.4, 0.5) is 5.69 Å². The molecule has 0 aromatic heterocycles. The van der Waals surface area contributed by atoms with Gasteiger partial charge in [0.05, 0.1) is 17.9 Å². The Balaban J connectivity index is 2.08. The molecular weight excluding hydrogens is 352 g/mol. The first-order valence-electron chi connectivity index (χ1n) is 8.42. The van der Waals surface area contributed by atoms with Crippen LogP contribution in [0.3, 0.4) is 0 Å². The van der Waals surface area contributed by atoms with Gasteiger partial charge in [0.15, 0.2) is 0 Å². The van der Waals surface area contributed by atoms with E-state index in [4.69, 9.17) is 16.3 Å². The van der Waals surface area contributed by atoms with Gasteiger partial charge in [-0.05, 0) is 43.7 Å². The van der Waals surface area contributed by atoms with Crippen molar-refractivity contribution in [1.82, 2.24) is 4.90 Å². The van der Waals surface area contributed by atoms with Crippen molar-refractivity contribution in [2.45, 2.75) is 13.8 Å². The van der Waals surface area contributed by atoms with Gasteiger partial charge in [-0.25, -0.2) is 0 Å². The van der Waals surface area contributed by atoms with E-state index in [0.717, 1.165) is 0 Å². The van der Waals surface area contributed by atoms with Crippen LogP contribution in [0.1, 0.15) is 19.4 Å². The number of hydrogen-bond acceptors (Lipinski definition) is 4. The van der Waals surface area contributed by atoms with E-state index >= 15 is 0 Å². The van der Waals surface area contributed by atoms with E-state index < -0.39 is 0 Å². The number of anilines is 1. The summed E-state index contributed by atoms with van der Waals surface area (Å²) in [5.41, 5.74) is 1.85. The molecule has 1 heterocycles. The number of hydrogen-bond donors (Lipinski definition) is 1. The third kappa shape index (κ3) is 3.30. The van der Waals surface area contributed by atoms with E-state index in [1.54, 1.807) is 31.2 Å². The Morgan fingerprint density at radius 2 is 1.69 bits per heavy atom. The zero-order valence-corrected chi connectivity index (χ0v) is 15.3. The largest absolute Gasteiger partial charge is 0.492 e. The van der Waals surface area contributed by atoms with E-state index in [9.17, 15) is 9.59 Å². The summed E-state index contributed by atoms with van der Waals surface area (Å²) in [5.74, 6) is -0.0573. The van der Waals surface area contributed by atoms with E-state index in [2.05, 4.69) is 5.32 Å². The van der Waals surface area contributed by atoms with Crippen LogP contribution in [0.2, 0.25) is 5.02 Å². The van der Waals surface area contributed by atoms with Crippen LogP contribution in [0.5, 0.6) is 5.75 Å². The predicted octanol–water partition coefficient (Wildman–Crippen LogP) is 3.95. The van der Waals surface area contributed by atoms with Crippen molar-refractivity contribution in [3.8, 4) is 5.75 Å². The van der Waals surface area contributed by atoms with Gasteiger partial charge in [0.1, 0.15) is 11.4 Å². The molecule has 0 saturated heterocycles. The number of para-hydroxylation sites is 2. The highest BCUT2D eigenvalue weighted by Gasteiger charge is 2.38. The van der Waals surface area contributed by atoms with Gasteiger partial charge in [0, 0.05) is 11.6 Å². The van der Waals surface area contributed by atoms with Crippen molar-refractivity contribution in [3.05, 3.63) is 64.8 Å². The van der Waals surface area contributed by atoms with E-state index in [1.807, 2.05) is 31.2 Å². The van der Waals surface area contributed by atoms with Gasteiger partial charge >= 0.3 is 0 Å². The van der Waals surface area contributed by atoms with E-state index in [0.29, 0.717) is 40.7 Å². The molecule has 134 valence electrons. The molecule has 0 fully saturated rings. The number of nitrogens with one attached hydrogen (secondary N) is 1. The average Bonchev–Trinajstić information content (AvgIpc) is 2.87. The lowest BCUT2D eigenvalue weighted by Gasteiger charge is -2.14. The maximum Gasteiger partial charge on any atom is 0.278 e. The number of rotatable bonds is 6. The molecule has 2 amide bonds. The summed E-state index contributed by atoms with van der Waals surface area (Å²) in [4.78, 5) is 26.8. The van der Waals surface area contributed by atoms with Crippen molar-refractivity contribution in [2.24, 2.45) is 0 Å². The monoisotopic (exact) mass is 370 g/mol. The molecule has 26 heavy (non-hydrogen) atoms. The highest BCUT2D eigenvalue weighted by atomic mass is 35.5. The minimum Gasteiger partial charge on any atom is -0.492 e. The molecule has 0 saturated carbocycles. The summed E-state index contributed by atoms with van der Waals surface area (Å²) in [6.45, 7) is 4.45. The van der Waals surface area contributed by atoms with Crippen molar-refractivity contribution in [2.75, 3.05) is 18.5 Å². The third-order valence-corrected chi connectivity index (χ3v) is 4.32. The molecule has 6 heteroatoms. The van der Waals surface area contributed by atoms with Crippen LogP contribution in [0.25, 0.3) is 5.57 Å². The molecule has 3 rings (SSSR count). The molecule has 1 aliphatic heterocycles. The molecule has 5 nitrogen and oxygen atoms in total. The highest BCUT2D eigenvalue weighted by Crippen LogP contribution is 2.33. The zero-order chi connectivity index (χ0) is 18.7. The first kappa shape index (κ1) is 18.0. The maximum absolute atomic E-state index is 12.8. The number of likely N-dealkylation sites (N-methyl/N-ethyl adjacent to an activating group) is 1. The van der Waals surface area contributed by atoms with Crippen molar-refractivity contribution in [1.29, 1.82) is 0 Å².